The van der Waals surface area contributed by atoms with Crippen molar-refractivity contribution in [1.82, 2.24) is 0 Å². The predicted molar refractivity (Wildman–Crippen MR) is 74.1 cm³/mol. The third-order valence-corrected chi connectivity index (χ3v) is 8.48. The smallest absolute Gasteiger partial charge is 0.166 e. The number of alkyl halides is 1. The van der Waals surface area contributed by atoms with Gasteiger partial charge in [0, 0.05) is 5.33 Å². The van der Waals surface area contributed by atoms with Gasteiger partial charge in [-0.1, -0.05) is 46.3 Å². The van der Waals surface area contributed by atoms with E-state index in [2.05, 4.69) is 15.9 Å². The third kappa shape index (κ3) is 1.85. The molecule has 4 heteroatoms. The topological polar surface area (TPSA) is 34.1 Å². The van der Waals surface area contributed by atoms with E-state index in [0.29, 0.717) is 5.33 Å². The Morgan fingerprint density at radius 1 is 1.24 bits per heavy atom. The molecule has 1 aliphatic rings. The van der Waals surface area contributed by atoms with Crippen LogP contribution < -0.4 is 0 Å². The van der Waals surface area contributed by atoms with Crippen molar-refractivity contribution in [2.45, 2.75) is 36.2 Å². The summed E-state index contributed by atoms with van der Waals surface area (Å²) >= 11 is 3.36. The molecule has 0 atom stereocenters. The number of sulfone groups is 1. The van der Waals surface area contributed by atoms with Crippen LogP contribution in [-0.4, -0.2) is 18.5 Å². The highest BCUT2D eigenvalue weighted by Crippen LogP contribution is 2.51. The summed E-state index contributed by atoms with van der Waals surface area (Å²) in [6.07, 6.45) is 1.55. The van der Waals surface area contributed by atoms with Gasteiger partial charge in [0.2, 0.25) is 0 Å². The Hall–Kier alpha value is -0.350. The molecule has 1 fully saturated rings. The molecule has 0 aliphatic heterocycles. The van der Waals surface area contributed by atoms with Crippen LogP contribution in [0.15, 0.2) is 30.3 Å². The first-order chi connectivity index (χ1) is 7.87. The molecule has 0 saturated heterocycles. The van der Waals surface area contributed by atoms with Crippen molar-refractivity contribution in [3.8, 4) is 0 Å². The molecule has 2 rings (SSSR count). The first kappa shape index (κ1) is 13.1. The molecule has 17 heavy (non-hydrogen) atoms. The molecule has 1 aromatic carbocycles. The van der Waals surface area contributed by atoms with E-state index in [0.717, 1.165) is 18.4 Å². The van der Waals surface area contributed by atoms with Crippen molar-refractivity contribution < 1.29 is 8.42 Å². The Morgan fingerprint density at radius 2 is 1.76 bits per heavy atom. The molecule has 94 valence electrons. The molecule has 1 aliphatic carbocycles. The lowest BCUT2D eigenvalue weighted by Gasteiger charge is -2.30. The van der Waals surface area contributed by atoms with Gasteiger partial charge in [-0.05, 0) is 32.3 Å². The van der Waals surface area contributed by atoms with Crippen LogP contribution in [0.1, 0.15) is 32.3 Å². The van der Waals surface area contributed by atoms with E-state index in [1.54, 1.807) is 13.8 Å². The predicted octanol–water partition coefficient (Wildman–Crippen LogP) is 3.26. The molecule has 0 unspecified atom stereocenters. The fourth-order valence-electron chi connectivity index (χ4n) is 2.15. The molecule has 1 saturated carbocycles. The fourth-order valence-corrected chi connectivity index (χ4v) is 5.93. The summed E-state index contributed by atoms with van der Waals surface area (Å²) in [5.41, 5.74) is 0.868. The quantitative estimate of drug-likeness (QED) is 0.799. The summed E-state index contributed by atoms with van der Waals surface area (Å²) < 4.78 is 24.1. The zero-order chi connectivity index (χ0) is 12.7. The van der Waals surface area contributed by atoms with E-state index in [9.17, 15) is 8.42 Å². The van der Waals surface area contributed by atoms with Gasteiger partial charge >= 0.3 is 0 Å². The van der Waals surface area contributed by atoms with Gasteiger partial charge in [0.15, 0.2) is 9.84 Å². The van der Waals surface area contributed by atoms with Crippen LogP contribution in [0, 0.1) is 0 Å². The number of benzene rings is 1. The minimum Gasteiger partial charge on any atom is -0.227 e. The highest BCUT2D eigenvalue weighted by atomic mass is 79.9. The monoisotopic (exact) mass is 316 g/mol. The van der Waals surface area contributed by atoms with Gasteiger partial charge in [0.25, 0.3) is 0 Å². The van der Waals surface area contributed by atoms with Gasteiger partial charge < -0.3 is 0 Å². The minimum absolute atomic E-state index is 0.535. The molecule has 0 amide bonds. The molecule has 0 spiro atoms. The highest BCUT2D eigenvalue weighted by Gasteiger charge is 2.59. The zero-order valence-corrected chi connectivity index (χ0v) is 12.5. The minimum atomic E-state index is -3.18. The van der Waals surface area contributed by atoms with Crippen LogP contribution in [0.4, 0.5) is 0 Å². The summed E-state index contributed by atoms with van der Waals surface area (Å²) in [5, 5.41) is 0.540. The molecule has 0 heterocycles. The molecular weight excluding hydrogens is 300 g/mol. The van der Waals surface area contributed by atoms with E-state index in [-0.39, 0.29) is 0 Å². The Labute approximate surface area is 111 Å². The van der Waals surface area contributed by atoms with Crippen LogP contribution >= 0.6 is 15.9 Å². The van der Waals surface area contributed by atoms with Gasteiger partial charge in [0.05, 0.1) is 9.49 Å². The van der Waals surface area contributed by atoms with E-state index < -0.39 is 19.3 Å². The van der Waals surface area contributed by atoms with Crippen molar-refractivity contribution in [2.24, 2.45) is 0 Å². The third-order valence-electron chi connectivity index (χ3n) is 3.76. The van der Waals surface area contributed by atoms with Crippen LogP contribution in [-0.2, 0) is 14.6 Å². The lowest BCUT2D eigenvalue weighted by Crippen LogP contribution is -2.40. The maximum absolute atomic E-state index is 12.7. The van der Waals surface area contributed by atoms with Crippen LogP contribution in [0.5, 0.6) is 0 Å². The molecule has 0 radical (unpaired) electrons. The normalized spacial score (nSPS) is 19.0. The lowest BCUT2D eigenvalue weighted by atomic mass is 10.0. The summed E-state index contributed by atoms with van der Waals surface area (Å²) in [5.74, 6) is 0. The van der Waals surface area contributed by atoms with E-state index >= 15 is 0 Å². The largest absolute Gasteiger partial charge is 0.227 e. The van der Waals surface area contributed by atoms with Crippen LogP contribution in [0.25, 0.3) is 0 Å². The number of rotatable bonds is 4. The molecular formula is C13H17BrO2S. The summed E-state index contributed by atoms with van der Waals surface area (Å²) in [6, 6.07) is 9.47. The molecule has 0 bridgehead atoms. The second-order valence-corrected chi connectivity index (χ2v) is 8.65. The Bertz CT molecular complexity index is 501. The standard InChI is InChI=1S/C13H17BrO2S/c1-12(2,11-6-4-3-5-7-11)17(15,16)13(10-14)8-9-13/h3-7H,8-10H2,1-2H3. The second-order valence-electron chi connectivity index (χ2n) is 5.20. The van der Waals surface area contributed by atoms with Gasteiger partial charge in [0.1, 0.15) is 0 Å². The maximum Gasteiger partial charge on any atom is 0.166 e. The first-order valence-electron chi connectivity index (χ1n) is 5.73. The van der Waals surface area contributed by atoms with E-state index in [4.69, 9.17) is 0 Å². The van der Waals surface area contributed by atoms with Crippen molar-refractivity contribution in [2.75, 3.05) is 5.33 Å². The first-order valence-corrected chi connectivity index (χ1v) is 8.33. The van der Waals surface area contributed by atoms with Crippen LogP contribution in [0.3, 0.4) is 0 Å². The number of hydrogen-bond donors (Lipinski definition) is 0. The lowest BCUT2D eigenvalue weighted by molar-refractivity contribution is 0.541. The Balaban J connectivity index is 2.47. The van der Waals surface area contributed by atoms with Crippen LogP contribution in [0.2, 0.25) is 0 Å². The van der Waals surface area contributed by atoms with Gasteiger partial charge in [-0.2, -0.15) is 0 Å². The van der Waals surface area contributed by atoms with Crippen molar-refractivity contribution in [3.63, 3.8) is 0 Å². The molecule has 1 aromatic rings. The molecule has 0 aromatic heterocycles. The Morgan fingerprint density at radius 3 is 2.18 bits per heavy atom. The maximum atomic E-state index is 12.7. The van der Waals surface area contributed by atoms with E-state index in [1.165, 1.54) is 0 Å². The van der Waals surface area contributed by atoms with Gasteiger partial charge in [-0.15, -0.1) is 0 Å². The summed E-state index contributed by atoms with van der Waals surface area (Å²) in [7, 11) is -3.18. The average Bonchev–Trinajstić information content (AvgIpc) is 3.11. The number of hydrogen-bond acceptors (Lipinski definition) is 2. The zero-order valence-electron chi connectivity index (χ0n) is 10.1. The van der Waals surface area contributed by atoms with E-state index in [1.807, 2.05) is 30.3 Å². The summed E-state index contributed by atoms with van der Waals surface area (Å²) in [4.78, 5) is 0. The average molecular weight is 317 g/mol. The van der Waals surface area contributed by atoms with Gasteiger partial charge in [-0.25, -0.2) is 8.42 Å². The Kier molecular flexibility index (Phi) is 3.15. The highest BCUT2D eigenvalue weighted by molar-refractivity contribution is 9.09. The van der Waals surface area contributed by atoms with Gasteiger partial charge in [-0.3, -0.25) is 0 Å². The van der Waals surface area contributed by atoms with Crippen molar-refractivity contribution >= 4 is 25.8 Å². The fraction of sp³-hybridized carbons (Fsp3) is 0.538. The number of halogens is 1. The second kappa shape index (κ2) is 4.09. The van der Waals surface area contributed by atoms with Crippen molar-refractivity contribution in [1.29, 1.82) is 0 Å². The summed E-state index contributed by atoms with van der Waals surface area (Å²) in [6.45, 7) is 3.61. The molecule has 2 nitrogen and oxygen atoms in total. The van der Waals surface area contributed by atoms with Crippen molar-refractivity contribution in [3.05, 3.63) is 35.9 Å². The SMILES string of the molecule is CC(C)(c1ccccc1)S(=O)(=O)C1(CBr)CC1. The molecule has 0 N–H and O–H groups in total.